The van der Waals surface area contributed by atoms with Crippen molar-refractivity contribution < 1.29 is 5.11 Å². The van der Waals surface area contributed by atoms with E-state index >= 15 is 0 Å². The van der Waals surface area contributed by atoms with Crippen LogP contribution >= 0.6 is 0 Å². The Hall–Kier alpha value is -1.60. The van der Waals surface area contributed by atoms with E-state index in [1.165, 1.54) is 0 Å². The molecule has 0 amide bonds. The highest BCUT2D eigenvalue weighted by molar-refractivity contribution is 5.56. The summed E-state index contributed by atoms with van der Waals surface area (Å²) in [5.74, 6) is 0. The third-order valence-corrected chi connectivity index (χ3v) is 2.91. The topological polar surface area (TPSA) is 60.1 Å². The molecule has 4 heteroatoms. The zero-order valence-corrected chi connectivity index (χ0v) is 9.35. The van der Waals surface area contributed by atoms with Crippen LogP contribution in [0.15, 0.2) is 18.3 Å². The molecule has 1 aliphatic rings. The summed E-state index contributed by atoms with van der Waals surface area (Å²) in [7, 11) is 0. The highest BCUT2D eigenvalue weighted by Crippen LogP contribution is 2.26. The van der Waals surface area contributed by atoms with Crippen LogP contribution in [0.25, 0.3) is 0 Å². The first-order valence-corrected chi connectivity index (χ1v) is 5.45. The number of rotatable bonds is 1. The molecule has 1 unspecified atom stereocenters. The van der Waals surface area contributed by atoms with E-state index in [0.717, 1.165) is 25.1 Å². The van der Waals surface area contributed by atoms with E-state index in [-0.39, 0.29) is 0 Å². The van der Waals surface area contributed by atoms with Gasteiger partial charge in [-0.2, -0.15) is 5.26 Å². The van der Waals surface area contributed by atoms with Gasteiger partial charge in [-0.05, 0) is 31.9 Å². The Balaban J connectivity index is 2.27. The number of nitrogens with zero attached hydrogens (tertiary/aromatic N) is 3. The lowest BCUT2D eigenvalue weighted by molar-refractivity contribution is 0.0449. The van der Waals surface area contributed by atoms with Crippen molar-refractivity contribution in [1.29, 1.82) is 5.26 Å². The molecule has 1 N–H and O–H groups in total. The van der Waals surface area contributed by atoms with Gasteiger partial charge in [0, 0.05) is 19.3 Å². The second-order valence-corrected chi connectivity index (χ2v) is 4.50. The van der Waals surface area contributed by atoms with Crippen molar-refractivity contribution >= 4 is 5.69 Å². The van der Waals surface area contributed by atoms with Crippen LogP contribution in [0.4, 0.5) is 5.69 Å². The number of piperidine rings is 1. The number of anilines is 1. The van der Waals surface area contributed by atoms with Crippen LogP contribution < -0.4 is 4.90 Å². The quantitative estimate of drug-likeness (QED) is 0.770. The van der Waals surface area contributed by atoms with E-state index in [0.29, 0.717) is 12.2 Å². The average molecular weight is 217 g/mol. The molecule has 1 saturated heterocycles. The minimum Gasteiger partial charge on any atom is -0.388 e. The fraction of sp³-hybridized carbons (Fsp3) is 0.500. The molecule has 16 heavy (non-hydrogen) atoms. The van der Waals surface area contributed by atoms with Crippen LogP contribution in [0.2, 0.25) is 0 Å². The van der Waals surface area contributed by atoms with Crippen molar-refractivity contribution in [2.45, 2.75) is 25.4 Å². The largest absolute Gasteiger partial charge is 0.388 e. The lowest BCUT2D eigenvalue weighted by Gasteiger charge is -2.38. The SMILES string of the molecule is CC1(O)CCCN(c2cccnc2C#N)C1. The summed E-state index contributed by atoms with van der Waals surface area (Å²) in [6, 6.07) is 5.79. The molecule has 2 rings (SSSR count). The lowest BCUT2D eigenvalue weighted by atomic mass is 9.94. The van der Waals surface area contributed by atoms with Crippen LogP contribution in [0.3, 0.4) is 0 Å². The molecule has 0 aliphatic carbocycles. The fourth-order valence-electron chi connectivity index (χ4n) is 2.16. The van der Waals surface area contributed by atoms with Gasteiger partial charge in [-0.15, -0.1) is 0 Å². The average Bonchev–Trinajstić information content (AvgIpc) is 2.27. The third kappa shape index (κ3) is 2.15. The summed E-state index contributed by atoms with van der Waals surface area (Å²) in [4.78, 5) is 6.07. The number of hydrogen-bond acceptors (Lipinski definition) is 4. The molecule has 4 nitrogen and oxygen atoms in total. The van der Waals surface area contributed by atoms with Crippen LogP contribution in [-0.4, -0.2) is 28.8 Å². The van der Waals surface area contributed by atoms with Gasteiger partial charge in [0.1, 0.15) is 6.07 Å². The van der Waals surface area contributed by atoms with Crippen LogP contribution in [0.1, 0.15) is 25.5 Å². The van der Waals surface area contributed by atoms with E-state index in [9.17, 15) is 5.11 Å². The summed E-state index contributed by atoms with van der Waals surface area (Å²) >= 11 is 0. The second-order valence-electron chi connectivity index (χ2n) is 4.50. The van der Waals surface area contributed by atoms with Crippen molar-refractivity contribution in [3.8, 4) is 6.07 Å². The van der Waals surface area contributed by atoms with E-state index in [4.69, 9.17) is 5.26 Å². The van der Waals surface area contributed by atoms with Crippen molar-refractivity contribution in [2.75, 3.05) is 18.0 Å². The summed E-state index contributed by atoms with van der Waals surface area (Å²) < 4.78 is 0. The van der Waals surface area contributed by atoms with E-state index in [2.05, 4.69) is 11.1 Å². The Bertz CT molecular complexity index is 423. The molecule has 1 fully saturated rings. The molecular formula is C12H15N3O. The molecule has 1 aromatic heterocycles. The van der Waals surface area contributed by atoms with Gasteiger partial charge in [0.25, 0.3) is 0 Å². The fourth-order valence-corrected chi connectivity index (χ4v) is 2.16. The van der Waals surface area contributed by atoms with E-state index < -0.39 is 5.60 Å². The second kappa shape index (κ2) is 4.11. The van der Waals surface area contributed by atoms with Crippen molar-refractivity contribution in [2.24, 2.45) is 0 Å². The number of nitriles is 1. The Morgan fingerprint density at radius 2 is 2.44 bits per heavy atom. The molecule has 0 radical (unpaired) electrons. The number of pyridine rings is 1. The highest BCUT2D eigenvalue weighted by atomic mass is 16.3. The summed E-state index contributed by atoms with van der Waals surface area (Å²) in [6.07, 6.45) is 3.36. The Kier molecular flexibility index (Phi) is 2.80. The van der Waals surface area contributed by atoms with E-state index in [1.807, 2.05) is 24.0 Å². The monoisotopic (exact) mass is 217 g/mol. The normalized spacial score (nSPS) is 25.2. The summed E-state index contributed by atoms with van der Waals surface area (Å²) in [5.41, 5.74) is 0.589. The molecular weight excluding hydrogens is 202 g/mol. The van der Waals surface area contributed by atoms with Crippen molar-refractivity contribution in [3.05, 3.63) is 24.0 Å². The maximum absolute atomic E-state index is 10.0. The van der Waals surface area contributed by atoms with Gasteiger partial charge in [0.05, 0.1) is 11.3 Å². The van der Waals surface area contributed by atoms with Crippen LogP contribution in [0, 0.1) is 11.3 Å². The molecule has 84 valence electrons. The number of hydrogen-bond donors (Lipinski definition) is 1. The Morgan fingerprint density at radius 3 is 3.12 bits per heavy atom. The number of β-amino-alcohol motifs (C(OH)–C–C–N with tert-alkyl or cyclic N) is 1. The number of aromatic nitrogens is 1. The molecule has 0 saturated carbocycles. The van der Waals surface area contributed by atoms with Crippen molar-refractivity contribution in [3.63, 3.8) is 0 Å². The van der Waals surface area contributed by atoms with Gasteiger partial charge in [0.2, 0.25) is 0 Å². The number of aliphatic hydroxyl groups is 1. The zero-order valence-electron chi connectivity index (χ0n) is 9.35. The molecule has 1 atom stereocenters. The molecule has 0 bridgehead atoms. The first kappa shape index (κ1) is 10.9. The predicted octanol–water partition coefficient (Wildman–Crippen LogP) is 1.30. The van der Waals surface area contributed by atoms with Gasteiger partial charge in [0.15, 0.2) is 5.69 Å². The maximum atomic E-state index is 10.0. The summed E-state index contributed by atoms with van der Waals surface area (Å²) in [6.45, 7) is 3.27. The Morgan fingerprint density at radius 1 is 1.62 bits per heavy atom. The molecule has 2 heterocycles. The molecule has 1 aromatic rings. The standard InChI is InChI=1S/C12H15N3O/c1-12(16)5-3-7-15(9-12)11-4-2-6-14-10(11)8-13/h2,4,6,16H,3,5,7,9H2,1H3. The van der Waals surface area contributed by atoms with Gasteiger partial charge in [-0.1, -0.05) is 0 Å². The smallest absolute Gasteiger partial charge is 0.163 e. The first-order valence-electron chi connectivity index (χ1n) is 5.45. The van der Waals surface area contributed by atoms with Gasteiger partial charge < -0.3 is 10.0 Å². The maximum Gasteiger partial charge on any atom is 0.163 e. The van der Waals surface area contributed by atoms with Gasteiger partial charge in [-0.3, -0.25) is 0 Å². The predicted molar refractivity (Wildman–Crippen MR) is 61.0 cm³/mol. The minimum absolute atomic E-state index is 0.431. The van der Waals surface area contributed by atoms with Crippen LogP contribution in [-0.2, 0) is 0 Å². The lowest BCUT2D eigenvalue weighted by Crippen LogP contribution is -2.46. The highest BCUT2D eigenvalue weighted by Gasteiger charge is 2.29. The van der Waals surface area contributed by atoms with Gasteiger partial charge in [-0.25, -0.2) is 4.98 Å². The Labute approximate surface area is 95.1 Å². The zero-order chi connectivity index (χ0) is 11.6. The molecule has 1 aliphatic heterocycles. The van der Waals surface area contributed by atoms with Crippen LogP contribution in [0.5, 0.6) is 0 Å². The molecule has 0 aromatic carbocycles. The molecule has 0 spiro atoms. The summed E-state index contributed by atoms with van der Waals surface area (Å²) in [5, 5.41) is 19.0. The van der Waals surface area contributed by atoms with Gasteiger partial charge >= 0.3 is 0 Å². The third-order valence-electron chi connectivity index (χ3n) is 2.91. The minimum atomic E-state index is -0.666. The first-order chi connectivity index (χ1) is 7.62. The van der Waals surface area contributed by atoms with Crippen molar-refractivity contribution in [1.82, 2.24) is 4.98 Å². The van der Waals surface area contributed by atoms with E-state index in [1.54, 1.807) is 6.20 Å².